The molecule has 1 aliphatic heterocycles. The summed E-state index contributed by atoms with van der Waals surface area (Å²) in [6, 6.07) is 18.1. The highest BCUT2D eigenvalue weighted by Gasteiger charge is 2.22. The molecule has 29 heavy (non-hydrogen) atoms. The molecule has 2 heterocycles. The number of amides is 2. The van der Waals surface area contributed by atoms with E-state index in [1.807, 2.05) is 53.4 Å². The quantitative estimate of drug-likeness (QED) is 0.665. The van der Waals surface area contributed by atoms with E-state index in [2.05, 4.69) is 10.9 Å². The van der Waals surface area contributed by atoms with Crippen LogP contribution in [0.1, 0.15) is 10.4 Å². The van der Waals surface area contributed by atoms with E-state index in [9.17, 15) is 9.59 Å². The van der Waals surface area contributed by atoms with Crippen LogP contribution in [0.5, 0.6) is 11.5 Å². The van der Waals surface area contributed by atoms with E-state index in [4.69, 9.17) is 14.2 Å². The zero-order chi connectivity index (χ0) is 20.1. The van der Waals surface area contributed by atoms with Gasteiger partial charge in [-0.1, -0.05) is 24.3 Å². The molecule has 4 rings (SSSR count). The van der Waals surface area contributed by atoms with Crippen molar-refractivity contribution in [2.75, 3.05) is 13.2 Å². The standard InChI is InChI=1S/C21H19N3O5/c25-20(16-7-1-2-8-17(16)24-11-5-6-12-24)22-23-21(26)28-14-15-13-27-18-9-3-4-10-19(18)29-15/h1-12,15H,13-14H2,(H,22,25)(H,23,26). The number of hydrogen-bond acceptors (Lipinski definition) is 5. The van der Waals surface area contributed by atoms with Gasteiger partial charge in [-0.3, -0.25) is 10.2 Å². The minimum atomic E-state index is -0.792. The number of hydrogen-bond donors (Lipinski definition) is 2. The number of benzene rings is 2. The van der Waals surface area contributed by atoms with Crippen molar-refractivity contribution in [1.29, 1.82) is 0 Å². The number of carbonyl (C=O) groups is 2. The van der Waals surface area contributed by atoms with Crippen molar-refractivity contribution in [3.63, 3.8) is 0 Å². The number of carbonyl (C=O) groups excluding carboxylic acids is 2. The molecule has 1 atom stereocenters. The molecule has 1 unspecified atom stereocenters. The zero-order valence-corrected chi connectivity index (χ0v) is 15.4. The molecule has 0 saturated carbocycles. The van der Waals surface area contributed by atoms with Crippen LogP contribution in [-0.2, 0) is 4.74 Å². The second-order valence-electron chi connectivity index (χ2n) is 6.28. The summed E-state index contributed by atoms with van der Waals surface area (Å²) in [6.45, 7) is 0.247. The molecule has 3 aromatic rings. The average molecular weight is 393 g/mol. The Kier molecular flexibility index (Phi) is 5.33. The second-order valence-corrected chi connectivity index (χ2v) is 6.28. The van der Waals surface area contributed by atoms with Crippen LogP contribution in [0.15, 0.2) is 73.1 Å². The van der Waals surface area contributed by atoms with Crippen molar-refractivity contribution in [2.45, 2.75) is 6.10 Å². The summed E-state index contributed by atoms with van der Waals surface area (Å²) < 4.78 is 18.2. The van der Waals surface area contributed by atoms with E-state index >= 15 is 0 Å². The van der Waals surface area contributed by atoms with Crippen LogP contribution in [0, 0.1) is 0 Å². The summed E-state index contributed by atoms with van der Waals surface area (Å²) in [5, 5.41) is 0. The van der Waals surface area contributed by atoms with Gasteiger partial charge < -0.3 is 18.8 Å². The molecule has 0 spiro atoms. The van der Waals surface area contributed by atoms with Crippen LogP contribution in [0.4, 0.5) is 4.79 Å². The van der Waals surface area contributed by atoms with Crippen LogP contribution in [0.3, 0.4) is 0 Å². The number of para-hydroxylation sites is 3. The summed E-state index contributed by atoms with van der Waals surface area (Å²) in [4.78, 5) is 24.4. The lowest BCUT2D eigenvalue weighted by atomic mass is 10.1. The molecule has 8 nitrogen and oxygen atoms in total. The van der Waals surface area contributed by atoms with E-state index in [0.29, 0.717) is 22.7 Å². The van der Waals surface area contributed by atoms with E-state index in [1.165, 1.54) is 0 Å². The molecule has 1 aromatic heterocycles. The SMILES string of the molecule is O=C(NNC(=O)c1ccccc1-n1cccc1)OCC1COc2ccccc2O1. The van der Waals surface area contributed by atoms with Gasteiger partial charge in [0.2, 0.25) is 0 Å². The first-order valence-electron chi connectivity index (χ1n) is 9.04. The zero-order valence-electron chi connectivity index (χ0n) is 15.4. The average Bonchev–Trinajstić information content (AvgIpc) is 3.30. The minimum Gasteiger partial charge on any atom is -0.486 e. The minimum absolute atomic E-state index is 0.0179. The van der Waals surface area contributed by atoms with E-state index in [-0.39, 0.29) is 13.2 Å². The van der Waals surface area contributed by atoms with Crippen LogP contribution < -0.4 is 20.3 Å². The van der Waals surface area contributed by atoms with Crippen molar-refractivity contribution in [1.82, 2.24) is 15.4 Å². The van der Waals surface area contributed by atoms with Crippen molar-refractivity contribution in [3.05, 3.63) is 78.6 Å². The Bertz CT molecular complexity index is 1000. The highest BCUT2D eigenvalue weighted by atomic mass is 16.6. The van der Waals surface area contributed by atoms with Gasteiger partial charge in [-0.25, -0.2) is 10.2 Å². The molecular formula is C21H19N3O5. The summed E-state index contributed by atoms with van der Waals surface area (Å²) in [5.74, 6) is 0.793. The van der Waals surface area contributed by atoms with Crippen molar-refractivity contribution in [3.8, 4) is 17.2 Å². The molecule has 2 N–H and O–H groups in total. The fourth-order valence-electron chi connectivity index (χ4n) is 2.91. The van der Waals surface area contributed by atoms with E-state index in [0.717, 1.165) is 0 Å². The lowest BCUT2D eigenvalue weighted by Gasteiger charge is -2.26. The molecule has 0 aliphatic carbocycles. The number of aromatic nitrogens is 1. The van der Waals surface area contributed by atoms with E-state index in [1.54, 1.807) is 24.3 Å². The first kappa shape index (κ1) is 18.4. The largest absolute Gasteiger partial charge is 0.486 e. The monoisotopic (exact) mass is 393 g/mol. The maximum Gasteiger partial charge on any atom is 0.426 e. The molecule has 148 valence electrons. The summed E-state index contributed by atoms with van der Waals surface area (Å²) in [7, 11) is 0. The maximum absolute atomic E-state index is 12.5. The van der Waals surface area contributed by atoms with Gasteiger partial charge in [0, 0.05) is 12.4 Å². The fourth-order valence-corrected chi connectivity index (χ4v) is 2.91. The Labute approximate surface area is 167 Å². The van der Waals surface area contributed by atoms with Gasteiger partial charge in [0.15, 0.2) is 17.6 Å². The summed E-state index contributed by atoms with van der Waals surface area (Å²) in [5.41, 5.74) is 5.70. The molecule has 0 fully saturated rings. The normalized spacial score (nSPS) is 14.7. The molecule has 0 radical (unpaired) electrons. The molecule has 8 heteroatoms. The van der Waals surface area contributed by atoms with Crippen LogP contribution >= 0.6 is 0 Å². The van der Waals surface area contributed by atoms with Crippen LogP contribution in [-0.4, -0.2) is 35.9 Å². The summed E-state index contributed by atoms with van der Waals surface area (Å²) in [6.07, 6.45) is 2.44. The third-order valence-corrected chi connectivity index (χ3v) is 4.28. The van der Waals surface area contributed by atoms with Gasteiger partial charge in [-0.15, -0.1) is 0 Å². The number of fused-ring (bicyclic) bond motifs is 1. The number of nitrogens with zero attached hydrogens (tertiary/aromatic N) is 1. The molecule has 2 aromatic carbocycles. The second kappa shape index (κ2) is 8.39. The Hall–Kier alpha value is -3.94. The predicted molar refractivity (Wildman–Crippen MR) is 104 cm³/mol. The fraction of sp³-hybridized carbons (Fsp3) is 0.143. The first-order valence-corrected chi connectivity index (χ1v) is 9.04. The Morgan fingerprint density at radius 2 is 1.69 bits per heavy atom. The van der Waals surface area contributed by atoms with Gasteiger partial charge in [-0.05, 0) is 36.4 Å². The van der Waals surface area contributed by atoms with Gasteiger partial charge in [0.1, 0.15) is 13.2 Å². The van der Waals surface area contributed by atoms with Gasteiger partial charge in [-0.2, -0.15) is 0 Å². The highest BCUT2D eigenvalue weighted by Crippen LogP contribution is 2.30. The Morgan fingerprint density at radius 3 is 2.52 bits per heavy atom. The van der Waals surface area contributed by atoms with Gasteiger partial charge in [0.25, 0.3) is 5.91 Å². The lowest BCUT2D eigenvalue weighted by molar-refractivity contribution is 0.0322. The number of ether oxygens (including phenoxy) is 3. The Balaban J connectivity index is 1.28. The number of hydrazine groups is 1. The molecule has 1 aliphatic rings. The van der Waals surface area contributed by atoms with Crippen molar-refractivity contribution < 1.29 is 23.8 Å². The van der Waals surface area contributed by atoms with Gasteiger partial charge in [0.05, 0.1) is 11.3 Å². The highest BCUT2D eigenvalue weighted by molar-refractivity contribution is 5.98. The van der Waals surface area contributed by atoms with Crippen LogP contribution in [0.25, 0.3) is 5.69 Å². The molecule has 0 bridgehead atoms. The topological polar surface area (TPSA) is 90.8 Å². The smallest absolute Gasteiger partial charge is 0.426 e. The third kappa shape index (κ3) is 4.32. The Morgan fingerprint density at radius 1 is 0.966 bits per heavy atom. The molecular weight excluding hydrogens is 374 g/mol. The van der Waals surface area contributed by atoms with E-state index < -0.39 is 18.1 Å². The summed E-state index contributed by atoms with van der Waals surface area (Å²) >= 11 is 0. The lowest BCUT2D eigenvalue weighted by Crippen LogP contribution is -2.44. The third-order valence-electron chi connectivity index (χ3n) is 4.28. The number of nitrogens with one attached hydrogen (secondary N) is 2. The van der Waals surface area contributed by atoms with Crippen molar-refractivity contribution >= 4 is 12.0 Å². The van der Waals surface area contributed by atoms with Crippen LogP contribution in [0.2, 0.25) is 0 Å². The predicted octanol–water partition coefficient (Wildman–Crippen LogP) is 2.69. The maximum atomic E-state index is 12.5. The van der Waals surface area contributed by atoms with Crippen molar-refractivity contribution in [2.24, 2.45) is 0 Å². The number of rotatable bonds is 4. The molecule has 2 amide bonds. The van der Waals surface area contributed by atoms with Gasteiger partial charge >= 0.3 is 6.09 Å². The first-order chi connectivity index (χ1) is 14.2. The molecule has 0 saturated heterocycles.